The molecule has 1 atom stereocenters. The first-order valence-electron chi connectivity index (χ1n) is 5.33. The van der Waals surface area contributed by atoms with Crippen LogP contribution in [0.5, 0.6) is 0 Å². The molecule has 1 N–H and O–H groups in total. The van der Waals surface area contributed by atoms with Crippen molar-refractivity contribution in [3.05, 3.63) is 33.3 Å². The molecule has 1 unspecified atom stereocenters. The highest BCUT2D eigenvalue weighted by molar-refractivity contribution is 9.10. The van der Waals surface area contributed by atoms with Gasteiger partial charge < -0.3 is 4.84 Å². The topological polar surface area (TPSA) is 21.3 Å². The predicted octanol–water partition coefficient (Wildman–Crippen LogP) is 4.34. The van der Waals surface area contributed by atoms with Gasteiger partial charge in [0.2, 0.25) is 0 Å². The third-order valence-corrected chi connectivity index (χ3v) is 2.93. The van der Waals surface area contributed by atoms with E-state index in [-0.39, 0.29) is 6.04 Å². The zero-order valence-corrected chi connectivity index (χ0v) is 12.1. The monoisotopic (exact) mass is 305 g/mol. The molecule has 0 aliphatic carbocycles. The van der Waals surface area contributed by atoms with Crippen molar-refractivity contribution in [2.45, 2.75) is 26.8 Å². The van der Waals surface area contributed by atoms with Gasteiger partial charge in [0.15, 0.2) is 0 Å². The Kier molecular flexibility index (Phi) is 5.76. The van der Waals surface area contributed by atoms with E-state index in [0.29, 0.717) is 12.5 Å². The van der Waals surface area contributed by atoms with Crippen LogP contribution in [0.1, 0.15) is 32.4 Å². The van der Waals surface area contributed by atoms with Gasteiger partial charge in [-0.25, -0.2) is 0 Å². The van der Waals surface area contributed by atoms with Gasteiger partial charge in [0.25, 0.3) is 0 Å². The van der Waals surface area contributed by atoms with Crippen LogP contribution in [0.2, 0.25) is 5.02 Å². The zero-order chi connectivity index (χ0) is 12.1. The second-order valence-electron chi connectivity index (χ2n) is 4.21. The summed E-state index contributed by atoms with van der Waals surface area (Å²) in [5.41, 5.74) is 4.03. The summed E-state index contributed by atoms with van der Waals surface area (Å²) in [6.07, 6.45) is 0. The predicted molar refractivity (Wildman–Crippen MR) is 71.5 cm³/mol. The van der Waals surface area contributed by atoms with Crippen LogP contribution in [-0.4, -0.2) is 6.61 Å². The fourth-order valence-electron chi connectivity index (χ4n) is 1.26. The quantitative estimate of drug-likeness (QED) is 0.817. The first-order valence-corrected chi connectivity index (χ1v) is 6.50. The van der Waals surface area contributed by atoms with Gasteiger partial charge >= 0.3 is 0 Å². The Labute approximate surface area is 110 Å². The Bertz CT molecular complexity index is 344. The Hall–Kier alpha value is -0.0900. The minimum absolute atomic E-state index is 0.0827. The normalized spacial score (nSPS) is 13.1. The van der Waals surface area contributed by atoms with Crippen molar-refractivity contribution < 1.29 is 4.84 Å². The molecule has 2 nitrogen and oxygen atoms in total. The molecule has 0 radical (unpaired) electrons. The van der Waals surface area contributed by atoms with Gasteiger partial charge in [-0.1, -0.05) is 47.4 Å². The van der Waals surface area contributed by atoms with Crippen molar-refractivity contribution in [2.75, 3.05) is 6.61 Å². The fourth-order valence-corrected chi connectivity index (χ4v) is 2.09. The number of benzene rings is 1. The molecular formula is C12H17BrClNO. The highest BCUT2D eigenvalue weighted by Gasteiger charge is 2.09. The van der Waals surface area contributed by atoms with E-state index in [1.54, 1.807) is 0 Å². The van der Waals surface area contributed by atoms with Crippen LogP contribution in [0.25, 0.3) is 0 Å². The van der Waals surface area contributed by atoms with E-state index in [9.17, 15) is 0 Å². The van der Waals surface area contributed by atoms with E-state index in [4.69, 9.17) is 16.4 Å². The minimum Gasteiger partial charge on any atom is -0.301 e. The summed E-state index contributed by atoms with van der Waals surface area (Å²) in [7, 11) is 0. The molecule has 4 heteroatoms. The lowest BCUT2D eigenvalue weighted by molar-refractivity contribution is 0.00411. The zero-order valence-electron chi connectivity index (χ0n) is 9.76. The lowest BCUT2D eigenvalue weighted by Gasteiger charge is -2.16. The Balaban J connectivity index is 2.55. The maximum atomic E-state index is 6.14. The van der Waals surface area contributed by atoms with Crippen molar-refractivity contribution in [1.82, 2.24) is 5.48 Å². The van der Waals surface area contributed by atoms with Crippen molar-refractivity contribution in [1.29, 1.82) is 0 Å². The number of hydrogen-bond acceptors (Lipinski definition) is 2. The van der Waals surface area contributed by atoms with E-state index < -0.39 is 0 Å². The first-order chi connectivity index (χ1) is 7.50. The lowest BCUT2D eigenvalue weighted by Crippen LogP contribution is -2.21. The van der Waals surface area contributed by atoms with E-state index >= 15 is 0 Å². The highest BCUT2D eigenvalue weighted by Crippen LogP contribution is 2.26. The highest BCUT2D eigenvalue weighted by atomic mass is 79.9. The number of hydroxylamine groups is 1. The molecule has 0 aromatic heterocycles. The van der Waals surface area contributed by atoms with Gasteiger partial charge in [-0.3, -0.25) is 0 Å². The van der Waals surface area contributed by atoms with E-state index in [1.807, 2.05) is 25.1 Å². The van der Waals surface area contributed by atoms with Crippen LogP contribution < -0.4 is 5.48 Å². The summed E-state index contributed by atoms with van der Waals surface area (Å²) >= 11 is 9.52. The van der Waals surface area contributed by atoms with Gasteiger partial charge in [-0.15, -0.1) is 0 Å². The van der Waals surface area contributed by atoms with Crippen LogP contribution in [0.15, 0.2) is 22.7 Å². The molecule has 0 heterocycles. The smallest absolute Gasteiger partial charge is 0.0705 e. The second-order valence-corrected chi connectivity index (χ2v) is 5.53. The van der Waals surface area contributed by atoms with Crippen LogP contribution in [0.4, 0.5) is 0 Å². The maximum Gasteiger partial charge on any atom is 0.0705 e. The molecule has 0 amide bonds. The summed E-state index contributed by atoms with van der Waals surface area (Å²) in [6, 6.07) is 5.93. The molecule has 0 fully saturated rings. The van der Waals surface area contributed by atoms with Crippen molar-refractivity contribution in [3.63, 3.8) is 0 Å². The van der Waals surface area contributed by atoms with Gasteiger partial charge in [-0.2, -0.15) is 5.48 Å². The molecule has 1 aromatic carbocycles. The van der Waals surface area contributed by atoms with E-state index in [2.05, 4.69) is 35.3 Å². The van der Waals surface area contributed by atoms with Crippen LogP contribution in [0, 0.1) is 5.92 Å². The minimum atomic E-state index is 0.0827. The number of nitrogens with one attached hydrogen (secondary N) is 1. The molecular weight excluding hydrogens is 289 g/mol. The lowest BCUT2D eigenvalue weighted by atomic mass is 10.1. The van der Waals surface area contributed by atoms with Crippen LogP contribution in [-0.2, 0) is 4.84 Å². The van der Waals surface area contributed by atoms with Gasteiger partial charge in [0, 0.05) is 9.50 Å². The molecule has 0 bridgehead atoms. The van der Waals surface area contributed by atoms with Crippen LogP contribution in [0.3, 0.4) is 0 Å². The molecule has 1 aromatic rings. The molecule has 16 heavy (non-hydrogen) atoms. The Morgan fingerprint density at radius 2 is 2.06 bits per heavy atom. The molecule has 0 aliphatic heterocycles. The number of rotatable bonds is 5. The summed E-state index contributed by atoms with van der Waals surface area (Å²) in [5, 5.41) is 0.738. The van der Waals surface area contributed by atoms with E-state index in [1.165, 1.54) is 0 Å². The number of halogens is 2. The molecule has 0 saturated carbocycles. The molecule has 90 valence electrons. The largest absolute Gasteiger partial charge is 0.301 e. The summed E-state index contributed by atoms with van der Waals surface area (Å²) in [6.45, 7) is 6.94. The van der Waals surface area contributed by atoms with Gasteiger partial charge in [0.1, 0.15) is 0 Å². The SMILES string of the molecule is CC(C)CONC(C)c1ccc(Br)cc1Cl. The van der Waals surface area contributed by atoms with Gasteiger partial charge in [-0.05, 0) is 30.5 Å². The average molecular weight is 307 g/mol. The molecule has 1 rings (SSSR count). The third-order valence-electron chi connectivity index (χ3n) is 2.11. The molecule has 0 spiro atoms. The van der Waals surface area contributed by atoms with Gasteiger partial charge in [0.05, 0.1) is 12.6 Å². The standard InChI is InChI=1S/C12H17BrClNO/c1-8(2)7-16-15-9(3)11-5-4-10(13)6-12(11)14/h4-6,8-9,15H,7H2,1-3H3. The number of hydrogen-bond donors (Lipinski definition) is 1. The molecule has 0 saturated heterocycles. The van der Waals surface area contributed by atoms with E-state index in [0.717, 1.165) is 15.1 Å². The average Bonchev–Trinajstić information content (AvgIpc) is 2.16. The Morgan fingerprint density at radius 3 is 2.62 bits per heavy atom. The summed E-state index contributed by atoms with van der Waals surface area (Å²) in [4.78, 5) is 5.38. The third kappa shape index (κ3) is 4.42. The fraction of sp³-hybridized carbons (Fsp3) is 0.500. The van der Waals surface area contributed by atoms with Crippen LogP contribution >= 0.6 is 27.5 Å². The van der Waals surface area contributed by atoms with Crippen molar-refractivity contribution >= 4 is 27.5 Å². The van der Waals surface area contributed by atoms with Crippen molar-refractivity contribution in [3.8, 4) is 0 Å². The summed E-state index contributed by atoms with van der Waals surface area (Å²) < 4.78 is 0.983. The summed E-state index contributed by atoms with van der Waals surface area (Å²) in [5.74, 6) is 0.514. The van der Waals surface area contributed by atoms with Crippen molar-refractivity contribution in [2.24, 2.45) is 5.92 Å². The molecule has 0 aliphatic rings. The maximum absolute atomic E-state index is 6.14. The first kappa shape index (κ1) is 14.0. The Morgan fingerprint density at radius 1 is 1.38 bits per heavy atom. The second kappa shape index (κ2) is 6.60.